The predicted molar refractivity (Wildman–Crippen MR) is 100 cm³/mol. The number of carbonyl (C=O) groups excluding carboxylic acids is 1. The molecule has 1 aliphatic rings. The molecule has 0 unspecified atom stereocenters. The lowest BCUT2D eigenvalue weighted by Crippen LogP contribution is -2.29. The summed E-state index contributed by atoms with van der Waals surface area (Å²) >= 11 is 1.56. The number of likely N-dealkylation sites (tertiary alicyclic amines) is 1. The fourth-order valence-corrected chi connectivity index (χ4v) is 3.79. The third-order valence-corrected chi connectivity index (χ3v) is 5.13. The third kappa shape index (κ3) is 4.54. The fourth-order valence-electron chi connectivity index (χ4n) is 3.09. The Labute approximate surface area is 152 Å². The van der Waals surface area contributed by atoms with Crippen LogP contribution >= 0.6 is 11.3 Å². The number of carbonyl (C=O) groups is 1. The van der Waals surface area contributed by atoms with Crippen LogP contribution in [0.4, 0.5) is 10.9 Å². The molecule has 1 N–H and O–H groups in total. The smallest absolute Gasteiger partial charge is 0.222 e. The maximum Gasteiger partial charge on any atom is 0.222 e. The Bertz CT molecular complexity index is 758. The van der Waals surface area contributed by atoms with Gasteiger partial charge in [0.15, 0.2) is 5.13 Å². The van der Waals surface area contributed by atoms with E-state index in [0.717, 1.165) is 47.7 Å². The molecule has 0 aromatic carbocycles. The summed E-state index contributed by atoms with van der Waals surface area (Å²) in [5, 5.41) is 6.11. The van der Waals surface area contributed by atoms with Crippen molar-refractivity contribution in [2.24, 2.45) is 5.92 Å². The summed E-state index contributed by atoms with van der Waals surface area (Å²) in [6.07, 6.45) is 1.57. The Kier molecular flexibility index (Phi) is 5.32. The van der Waals surface area contributed by atoms with Crippen molar-refractivity contribution in [1.29, 1.82) is 0 Å². The molecule has 1 fully saturated rings. The number of thiazole rings is 1. The predicted octanol–water partition coefficient (Wildman–Crippen LogP) is 3.66. The summed E-state index contributed by atoms with van der Waals surface area (Å²) in [4.78, 5) is 27.8. The van der Waals surface area contributed by atoms with Gasteiger partial charge in [-0.1, -0.05) is 13.8 Å². The highest BCUT2D eigenvalue weighted by molar-refractivity contribution is 7.13. The summed E-state index contributed by atoms with van der Waals surface area (Å²) in [5.74, 6) is 2.42. The van der Waals surface area contributed by atoms with Crippen LogP contribution in [0.15, 0.2) is 11.4 Å². The third-order valence-electron chi connectivity index (χ3n) is 4.25. The van der Waals surface area contributed by atoms with Crippen molar-refractivity contribution >= 4 is 28.2 Å². The van der Waals surface area contributed by atoms with Crippen molar-refractivity contribution in [3.05, 3.63) is 28.7 Å². The Morgan fingerprint density at radius 1 is 1.36 bits per heavy atom. The molecule has 0 saturated carbocycles. The van der Waals surface area contributed by atoms with Crippen molar-refractivity contribution in [2.45, 2.75) is 46.5 Å². The van der Waals surface area contributed by atoms with Gasteiger partial charge in [-0.25, -0.2) is 15.0 Å². The zero-order chi connectivity index (χ0) is 18.0. The molecule has 1 amide bonds. The van der Waals surface area contributed by atoms with Crippen molar-refractivity contribution in [3.8, 4) is 0 Å². The first-order chi connectivity index (χ1) is 11.9. The van der Waals surface area contributed by atoms with E-state index >= 15 is 0 Å². The van der Waals surface area contributed by atoms with Crippen LogP contribution in [0.5, 0.6) is 0 Å². The lowest BCUT2D eigenvalue weighted by Gasteiger charge is -2.18. The Morgan fingerprint density at radius 3 is 2.84 bits per heavy atom. The van der Waals surface area contributed by atoms with E-state index in [1.165, 1.54) is 0 Å². The molecular weight excluding hydrogens is 334 g/mol. The minimum absolute atomic E-state index is 0.250. The van der Waals surface area contributed by atoms with Crippen LogP contribution in [0.1, 0.15) is 49.8 Å². The van der Waals surface area contributed by atoms with Crippen molar-refractivity contribution < 1.29 is 4.79 Å². The van der Waals surface area contributed by atoms with E-state index in [1.54, 1.807) is 11.3 Å². The topological polar surface area (TPSA) is 71.0 Å². The zero-order valence-corrected chi connectivity index (χ0v) is 16.1. The first-order valence-corrected chi connectivity index (χ1v) is 9.61. The van der Waals surface area contributed by atoms with Crippen molar-refractivity contribution in [1.82, 2.24) is 19.9 Å². The summed E-state index contributed by atoms with van der Waals surface area (Å²) in [5.41, 5.74) is 2.00. The molecule has 3 heterocycles. The summed E-state index contributed by atoms with van der Waals surface area (Å²) in [6.45, 7) is 9.60. The number of hydrogen-bond donors (Lipinski definition) is 1. The number of amides is 1. The normalized spacial score (nSPS) is 17.3. The van der Waals surface area contributed by atoms with Crippen LogP contribution < -0.4 is 5.32 Å². The van der Waals surface area contributed by atoms with Crippen LogP contribution in [-0.4, -0.2) is 38.8 Å². The molecule has 134 valence electrons. The van der Waals surface area contributed by atoms with Gasteiger partial charge in [0.25, 0.3) is 0 Å². The SMILES string of the molecule is Cc1csc(Nc2cc([C@@H]3CCN(C(=O)CC(C)C)C3)nc(C)n2)n1. The Hall–Kier alpha value is -2.02. The number of nitrogens with one attached hydrogen (secondary N) is 1. The molecule has 6 nitrogen and oxygen atoms in total. The van der Waals surface area contributed by atoms with E-state index in [4.69, 9.17) is 0 Å². The zero-order valence-electron chi connectivity index (χ0n) is 15.2. The molecule has 1 aliphatic heterocycles. The number of hydrogen-bond acceptors (Lipinski definition) is 6. The molecule has 2 aromatic rings. The van der Waals surface area contributed by atoms with Crippen LogP contribution in [0, 0.1) is 19.8 Å². The van der Waals surface area contributed by atoms with E-state index in [1.807, 2.05) is 30.2 Å². The summed E-state index contributed by atoms with van der Waals surface area (Å²) in [6, 6.07) is 1.99. The molecule has 0 spiro atoms. The fraction of sp³-hybridized carbons (Fsp3) is 0.556. The number of anilines is 2. The van der Waals surface area contributed by atoms with Gasteiger partial charge in [-0.2, -0.15) is 0 Å². The van der Waals surface area contributed by atoms with Gasteiger partial charge >= 0.3 is 0 Å². The molecule has 0 aliphatic carbocycles. The van der Waals surface area contributed by atoms with Crippen LogP contribution in [0.3, 0.4) is 0 Å². The highest BCUT2D eigenvalue weighted by Gasteiger charge is 2.28. The van der Waals surface area contributed by atoms with Gasteiger partial charge in [-0.3, -0.25) is 4.79 Å². The minimum Gasteiger partial charge on any atom is -0.342 e. The average Bonchev–Trinajstić information content (AvgIpc) is 3.15. The van der Waals surface area contributed by atoms with Crippen LogP contribution in [-0.2, 0) is 4.79 Å². The number of aromatic nitrogens is 3. The van der Waals surface area contributed by atoms with E-state index < -0.39 is 0 Å². The standard InChI is InChI=1S/C18H25N5OS/c1-11(2)7-17(24)23-6-5-14(9-23)15-8-16(21-13(4)20-15)22-18-19-12(3)10-25-18/h8,10-11,14H,5-7,9H2,1-4H3,(H,19,20,21,22)/t14-/m1/s1. The minimum atomic E-state index is 0.250. The van der Waals surface area contributed by atoms with Crippen molar-refractivity contribution in [3.63, 3.8) is 0 Å². The van der Waals surface area contributed by atoms with E-state index in [9.17, 15) is 4.79 Å². The molecule has 1 saturated heterocycles. The van der Waals surface area contributed by atoms with Gasteiger partial charge in [-0.05, 0) is 26.2 Å². The van der Waals surface area contributed by atoms with Gasteiger partial charge in [0.05, 0.1) is 11.4 Å². The van der Waals surface area contributed by atoms with Gasteiger partial charge in [0, 0.05) is 36.9 Å². The largest absolute Gasteiger partial charge is 0.342 e. The molecule has 3 rings (SSSR count). The van der Waals surface area contributed by atoms with E-state index in [0.29, 0.717) is 12.3 Å². The maximum atomic E-state index is 12.3. The lowest BCUT2D eigenvalue weighted by atomic mass is 10.0. The second kappa shape index (κ2) is 7.47. The number of rotatable bonds is 5. The molecule has 2 aromatic heterocycles. The van der Waals surface area contributed by atoms with Gasteiger partial charge in [0.1, 0.15) is 11.6 Å². The van der Waals surface area contributed by atoms with Crippen LogP contribution in [0.2, 0.25) is 0 Å². The second-order valence-electron chi connectivity index (χ2n) is 7.07. The van der Waals surface area contributed by atoms with Crippen LogP contribution in [0.25, 0.3) is 0 Å². The molecule has 25 heavy (non-hydrogen) atoms. The molecular formula is C18H25N5OS. The summed E-state index contributed by atoms with van der Waals surface area (Å²) in [7, 11) is 0. The average molecular weight is 359 g/mol. The van der Waals surface area contributed by atoms with Crippen molar-refractivity contribution in [2.75, 3.05) is 18.4 Å². The monoisotopic (exact) mass is 359 g/mol. The highest BCUT2D eigenvalue weighted by atomic mass is 32.1. The highest BCUT2D eigenvalue weighted by Crippen LogP contribution is 2.29. The lowest BCUT2D eigenvalue weighted by molar-refractivity contribution is -0.130. The molecule has 0 bridgehead atoms. The Balaban J connectivity index is 1.71. The van der Waals surface area contributed by atoms with E-state index in [2.05, 4.69) is 34.1 Å². The number of nitrogens with zero attached hydrogens (tertiary/aromatic N) is 4. The maximum absolute atomic E-state index is 12.3. The molecule has 0 radical (unpaired) electrons. The Morgan fingerprint density at radius 2 is 2.16 bits per heavy atom. The summed E-state index contributed by atoms with van der Waals surface area (Å²) < 4.78 is 0. The first-order valence-electron chi connectivity index (χ1n) is 8.73. The number of aryl methyl sites for hydroxylation is 2. The quantitative estimate of drug-likeness (QED) is 0.882. The van der Waals surface area contributed by atoms with Gasteiger partial charge in [0.2, 0.25) is 5.91 Å². The first kappa shape index (κ1) is 17.8. The van der Waals surface area contributed by atoms with E-state index in [-0.39, 0.29) is 11.8 Å². The molecule has 7 heteroatoms. The van der Waals surface area contributed by atoms with Gasteiger partial charge in [-0.15, -0.1) is 11.3 Å². The second-order valence-corrected chi connectivity index (χ2v) is 7.93. The van der Waals surface area contributed by atoms with Gasteiger partial charge < -0.3 is 10.2 Å². The molecule has 1 atom stereocenters.